The van der Waals surface area contributed by atoms with Crippen molar-refractivity contribution in [2.45, 2.75) is 45.1 Å². The van der Waals surface area contributed by atoms with E-state index in [1.165, 1.54) is 0 Å². The molecule has 2 rings (SSSR count). The Bertz CT molecular complexity index is 344. The molecule has 108 valence electrons. The molecule has 1 amide bonds. The van der Waals surface area contributed by atoms with Gasteiger partial charge in [0.05, 0.1) is 12.0 Å². The molecule has 3 atom stereocenters. The molecular weight excluding hydrogens is 246 g/mol. The number of amides is 1. The van der Waals surface area contributed by atoms with Gasteiger partial charge in [-0.2, -0.15) is 0 Å². The van der Waals surface area contributed by atoms with E-state index in [1.54, 1.807) is 0 Å². The summed E-state index contributed by atoms with van der Waals surface area (Å²) >= 11 is 0. The Morgan fingerprint density at radius 3 is 2.89 bits per heavy atom. The van der Waals surface area contributed by atoms with E-state index < -0.39 is 5.97 Å². The van der Waals surface area contributed by atoms with Crippen LogP contribution in [0.5, 0.6) is 0 Å². The zero-order chi connectivity index (χ0) is 13.8. The standard InChI is InChI=1S/C14H23NO4/c1-2-19-12-8-11(12)14(18)15-7-3-4-10(9-15)5-6-13(16)17/h10-12H,2-9H2,1H3,(H,16,17). The van der Waals surface area contributed by atoms with Crippen molar-refractivity contribution >= 4 is 11.9 Å². The van der Waals surface area contributed by atoms with Crippen LogP contribution in [0.15, 0.2) is 0 Å². The van der Waals surface area contributed by atoms with E-state index >= 15 is 0 Å². The van der Waals surface area contributed by atoms with E-state index in [2.05, 4.69) is 0 Å². The molecule has 19 heavy (non-hydrogen) atoms. The Balaban J connectivity index is 1.77. The number of carbonyl (C=O) groups excluding carboxylic acids is 1. The molecule has 1 N–H and O–H groups in total. The average Bonchev–Trinajstić information content (AvgIpc) is 3.16. The number of carbonyl (C=O) groups is 2. The normalized spacial score (nSPS) is 30.2. The summed E-state index contributed by atoms with van der Waals surface area (Å²) in [6.45, 7) is 4.15. The monoisotopic (exact) mass is 269 g/mol. The molecule has 0 spiro atoms. The maximum absolute atomic E-state index is 12.3. The van der Waals surface area contributed by atoms with E-state index in [4.69, 9.17) is 9.84 Å². The number of piperidine rings is 1. The zero-order valence-electron chi connectivity index (χ0n) is 11.5. The van der Waals surface area contributed by atoms with E-state index in [-0.39, 0.29) is 24.3 Å². The van der Waals surface area contributed by atoms with Gasteiger partial charge in [-0.25, -0.2) is 0 Å². The van der Waals surface area contributed by atoms with Crippen molar-refractivity contribution in [1.82, 2.24) is 4.90 Å². The molecule has 1 saturated carbocycles. The van der Waals surface area contributed by atoms with Crippen molar-refractivity contribution in [2.75, 3.05) is 19.7 Å². The number of rotatable bonds is 6. The van der Waals surface area contributed by atoms with Gasteiger partial charge in [0, 0.05) is 26.1 Å². The van der Waals surface area contributed by atoms with Crippen molar-refractivity contribution < 1.29 is 19.4 Å². The molecule has 2 aliphatic rings. The van der Waals surface area contributed by atoms with Gasteiger partial charge in [0.2, 0.25) is 5.91 Å². The lowest BCUT2D eigenvalue weighted by Gasteiger charge is -2.32. The maximum Gasteiger partial charge on any atom is 0.303 e. The van der Waals surface area contributed by atoms with Crippen molar-refractivity contribution in [3.05, 3.63) is 0 Å². The second kappa shape index (κ2) is 6.37. The molecule has 1 aliphatic carbocycles. The van der Waals surface area contributed by atoms with Crippen molar-refractivity contribution in [1.29, 1.82) is 0 Å². The third-order valence-electron chi connectivity index (χ3n) is 4.03. The number of carboxylic acid groups (broad SMARTS) is 1. The van der Waals surface area contributed by atoms with Crippen LogP contribution >= 0.6 is 0 Å². The number of hydrogen-bond donors (Lipinski definition) is 1. The van der Waals surface area contributed by atoms with E-state index in [1.807, 2.05) is 11.8 Å². The maximum atomic E-state index is 12.3. The van der Waals surface area contributed by atoms with Gasteiger partial charge < -0.3 is 14.7 Å². The molecule has 1 aliphatic heterocycles. The van der Waals surface area contributed by atoms with Crippen LogP contribution < -0.4 is 0 Å². The fourth-order valence-corrected chi connectivity index (χ4v) is 2.89. The van der Waals surface area contributed by atoms with Crippen molar-refractivity contribution in [3.63, 3.8) is 0 Å². The Hall–Kier alpha value is -1.10. The third kappa shape index (κ3) is 3.93. The van der Waals surface area contributed by atoms with E-state index in [0.717, 1.165) is 32.4 Å². The van der Waals surface area contributed by atoms with Gasteiger partial charge in [-0.05, 0) is 38.5 Å². The van der Waals surface area contributed by atoms with E-state index in [0.29, 0.717) is 18.9 Å². The molecule has 1 saturated heterocycles. The molecule has 0 aromatic heterocycles. The van der Waals surface area contributed by atoms with Crippen LogP contribution in [0, 0.1) is 11.8 Å². The summed E-state index contributed by atoms with van der Waals surface area (Å²) in [6, 6.07) is 0. The van der Waals surface area contributed by atoms with Crippen LogP contribution in [0.3, 0.4) is 0 Å². The second-order valence-corrected chi connectivity index (χ2v) is 5.56. The largest absolute Gasteiger partial charge is 0.481 e. The average molecular weight is 269 g/mol. The van der Waals surface area contributed by atoms with E-state index in [9.17, 15) is 9.59 Å². The predicted octanol–water partition coefficient (Wildman–Crippen LogP) is 1.51. The fourth-order valence-electron chi connectivity index (χ4n) is 2.89. The summed E-state index contributed by atoms with van der Waals surface area (Å²) in [5.41, 5.74) is 0. The van der Waals surface area contributed by atoms with Gasteiger partial charge in [0.1, 0.15) is 0 Å². The zero-order valence-corrected chi connectivity index (χ0v) is 11.5. The minimum absolute atomic E-state index is 0.0539. The van der Waals surface area contributed by atoms with Gasteiger partial charge in [-0.3, -0.25) is 9.59 Å². The Morgan fingerprint density at radius 1 is 1.42 bits per heavy atom. The van der Waals surface area contributed by atoms with Gasteiger partial charge in [0.15, 0.2) is 0 Å². The summed E-state index contributed by atoms with van der Waals surface area (Å²) in [4.78, 5) is 24.8. The molecule has 5 nitrogen and oxygen atoms in total. The lowest BCUT2D eigenvalue weighted by atomic mass is 9.93. The first-order chi connectivity index (χ1) is 9.11. The Kier molecular flexibility index (Phi) is 4.80. The summed E-state index contributed by atoms with van der Waals surface area (Å²) in [7, 11) is 0. The molecule has 0 bridgehead atoms. The van der Waals surface area contributed by atoms with Crippen LogP contribution in [0.25, 0.3) is 0 Å². The highest BCUT2D eigenvalue weighted by Crippen LogP contribution is 2.36. The molecule has 0 radical (unpaired) electrons. The second-order valence-electron chi connectivity index (χ2n) is 5.56. The number of likely N-dealkylation sites (tertiary alicyclic amines) is 1. The highest BCUT2D eigenvalue weighted by molar-refractivity contribution is 5.82. The number of ether oxygens (including phenoxy) is 1. The van der Waals surface area contributed by atoms with Crippen LogP contribution in [0.2, 0.25) is 0 Å². The first-order valence-corrected chi connectivity index (χ1v) is 7.24. The SMILES string of the molecule is CCOC1CC1C(=O)N1CCCC(CCC(=O)O)C1. The topological polar surface area (TPSA) is 66.8 Å². The first kappa shape index (κ1) is 14.3. The first-order valence-electron chi connectivity index (χ1n) is 7.24. The Labute approximate surface area is 113 Å². The molecule has 5 heteroatoms. The number of carboxylic acids is 1. The van der Waals surface area contributed by atoms with Gasteiger partial charge in [-0.1, -0.05) is 0 Å². The Morgan fingerprint density at radius 2 is 2.21 bits per heavy atom. The summed E-state index contributed by atoms with van der Waals surface area (Å²) in [6.07, 6.45) is 3.88. The summed E-state index contributed by atoms with van der Waals surface area (Å²) < 4.78 is 5.46. The lowest BCUT2D eigenvalue weighted by Crippen LogP contribution is -2.41. The lowest BCUT2D eigenvalue weighted by molar-refractivity contribution is -0.137. The van der Waals surface area contributed by atoms with Crippen LogP contribution in [0.1, 0.15) is 39.0 Å². The fraction of sp³-hybridized carbons (Fsp3) is 0.857. The van der Waals surface area contributed by atoms with Gasteiger partial charge in [-0.15, -0.1) is 0 Å². The minimum Gasteiger partial charge on any atom is -0.481 e. The molecule has 3 unspecified atom stereocenters. The number of aliphatic carboxylic acids is 1. The minimum atomic E-state index is -0.748. The molecule has 1 heterocycles. The summed E-state index contributed by atoms with van der Waals surface area (Å²) in [5.74, 6) is -0.142. The van der Waals surface area contributed by atoms with Crippen molar-refractivity contribution in [2.24, 2.45) is 11.8 Å². The molecule has 0 aromatic carbocycles. The van der Waals surface area contributed by atoms with Gasteiger partial charge >= 0.3 is 5.97 Å². The predicted molar refractivity (Wildman–Crippen MR) is 69.7 cm³/mol. The van der Waals surface area contributed by atoms with Crippen LogP contribution in [-0.4, -0.2) is 47.7 Å². The highest BCUT2D eigenvalue weighted by atomic mass is 16.5. The quantitative estimate of drug-likeness (QED) is 0.794. The van der Waals surface area contributed by atoms with Crippen LogP contribution in [0.4, 0.5) is 0 Å². The third-order valence-corrected chi connectivity index (χ3v) is 4.03. The highest BCUT2D eigenvalue weighted by Gasteiger charge is 2.46. The van der Waals surface area contributed by atoms with Crippen molar-refractivity contribution in [3.8, 4) is 0 Å². The van der Waals surface area contributed by atoms with Gasteiger partial charge in [0.25, 0.3) is 0 Å². The number of hydrogen-bond acceptors (Lipinski definition) is 3. The number of nitrogens with zero attached hydrogens (tertiary/aromatic N) is 1. The smallest absolute Gasteiger partial charge is 0.303 e. The molecule has 0 aromatic rings. The van der Waals surface area contributed by atoms with Crippen LogP contribution in [-0.2, 0) is 14.3 Å². The molecule has 2 fully saturated rings. The summed E-state index contributed by atoms with van der Waals surface area (Å²) in [5, 5.41) is 8.71. The molecular formula is C14H23NO4.